The first kappa shape index (κ1) is 17.5. The van der Waals surface area contributed by atoms with Crippen molar-refractivity contribution in [3.05, 3.63) is 89.5 Å². The molecule has 128 valence electrons. The molecule has 25 heavy (non-hydrogen) atoms. The molecule has 0 aliphatic heterocycles. The molecule has 0 fully saturated rings. The van der Waals surface area contributed by atoms with E-state index in [2.05, 4.69) is 0 Å². The second kappa shape index (κ2) is 6.89. The van der Waals surface area contributed by atoms with Crippen molar-refractivity contribution in [1.29, 1.82) is 0 Å². The van der Waals surface area contributed by atoms with Crippen LogP contribution in [0.25, 0.3) is 0 Å². The topological polar surface area (TPSA) is 0 Å². The van der Waals surface area contributed by atoms with E-state index in [0.29, 0.717) is 0 Å². The summed E-state index contributed by atoms with van der Waals surface area (Å²) in [4.78, 5) is 0. The summed E-state index contributed by atoms with van der Waals surface area (Å²) in [6.45, 7) is 0. The Morgan fingerprint density at radius 1 is 0.440 bits per heavy atom. The summed E-state index contributed by atoms with van der Waals surface area (Å²) in [7, 11) is -2.40. The van der Waals surface area contributed by atoms with Crippen molar-refractivity contribution in [3.8, 4) is 0 Å². The van der Waals surface area contributed by atoms with Gasteiger partial charge < -0.3 is 0 Å². The van der Waals surface area contributed by atoms with Crippen LogP contribution in [-0.4, -0.2) is 0 Å². The van der Waals surface area contributed by atoms with Crippen LogP contribution in [-0.2, 0) is 0 Å². The van der Waals surface area contributed by atoms with Crippen LogP contribution in [0, 0.1) is 34.9 Å². The predicted octanol–water partition coefficient (Wildman–Crippen LogP) is 4.28. The molecular formula is C18H9F6P. The van der Waals surface area contributed by atoms with Gasteiger partial charge in [0.15, 0.2) is 34.9 Å². The molecule has 0 N–H and O–H groups in total. The van der Waals surface area contributed by atoms with Crippen LogP contribution in [0.2, 0.25) is 0 Å². The predicted molar refractivity (Wildman–Crippen MR) is 84.9 cm³/mol. The van der Waals surface area contributed by atoms with E-state index >= 15 is 0 Å². The monoisotopic (exact) mass is 370 g/mol. The maximum Gasteiger partial charge on any atom is 0.167 e. The van der Waals surface area contributed by atoms with Gasteiger partial charge in [-0.1, -0.05) is 36.4 Å². The van der Waals surface area contributed by atoms with Gasteiger partial charge in [-0.2, -0.15) is 0 Å². The van der Waals surface area contributed by atoms with Gasteiger partial charge in [0.05, 0.1) is 0 Å². The lowest BCUT2D eigenvalue weighted by Gasteiger charge is -2.21. The molecule has 0 saturated carbocycles. The summed E-state index contributed by atoms with van der Waals surface area (Å²) >= 11 is 0. The number of halogens is 6. The van der Waals surface area contributed by atoms with Crippen LogP contribution in [0.5, 0.6) is 0 Å². The second-order valence-corrected chi connectivity index (χ2v) is 7.17. The molecule has 0 atom stereocenters. The Balaban J connectivity index is 2.35. The van der Waals surface area contributed by atoms with E-state index in [1.807, 2.05) is 0 Å². The highest BCUT2D eigenvalue weighted by atomic mass is 31.1. The zero-order valence-corrected chi connectivity index (χ0v) is 13.3. The lowest BCUT2D eigenvalue weighted by Crippen LogP contribution is -2.28. The Bertz CT molecular complexity index is 818. The van der Waals surface area contributed by atoms with Crippen molar-refractivity contribution in [2.45, 2.75) is 0 Å². The average molecular weight is 370 g/mol. The molecule has 3 aromatic rings. The van der Waals surface area contributed by atoms with Gasteiger partial charge >= 0.3 is 0 Å². The number of hydrogen-bond acceptors (Lipinski definition) is 0. The summed E-state index contributed by atoms with van der Waals surface area (Å²) in [6, 6.07) is 9.44. The molecule has 0 heterocycles. The Morgan fingerprint density at radius 2 is 0.720 bits per heavy atom. The smallest absolute Gasteiger partial charge is 0.167 e. The summed E-state index contributed by atoms with van der Waals surface area (Å²) < 4.78 is 83.8. The SMILES string of the molecule is Fc1cccc(P(c2cccc(F)c2F)c2cccc(F)c2F)c1F. The molecular weight excluding hydrogens is 361 g/mol. The molecule has 0 saturated heterocycles. The molecule has 0 aliphatic carbocycles. The van der Waals surface area contributed by atoms with E-state index in [-0.39, 0.29) is 15.9 Å². The summed E-state index contributed by atoms with van der Waals surface area (Å²) in [5, 5.41) is -1.11. The third-order valence-corrected chi connectivity index (χ3v) is 6.00. The number of hydrogen-bond donors (Lipinski definition) is 0. The highest BCUT2D eigenvalue weighted by Gasteiger charge is 2.28. The first-order valence-electron chi connectivity index (χ1n) is 7.04. The van der Waals surface area contributed by atoms with Gasteiger partial charge in [0, 0.05) is 15.9 Å². The Morgan fingerprint density at radius 3 is 1.00 bits per heavy atom. The van der Waals surface area contributed by atoms with Crippen molar-refractivity contribution in [1.82, 2.24) is 0 Å². The minimum absolute atomic E-state index is 0.371. The molecule has 0 aliphatic rings. The summed E-state index contributed by atoms with van der Waals surface area (Å²) in [5.74, 6) is -7.63. The van der Waals surface area contributed by atoms with Gasteiger partial charge in [-0.15, -0.1) is 0 Å². The van der Waals surface area contributed by atoms with Crippen LogP contribution in [0.15, 0.2) is 54.6 Å². The van der Waals surface area contributed by atoms with Gasteiger partial charge in [-0.25, -0.2) is 26.3 Å². The lowest BCUT2D eigenvalue weighted by atomic mass is 10.3. The Kier molecular flexibility index (Phi) is 4.82. The minimum Gasteiger partial charge on any atom is -0.204 e. The normalized spacial score (nSPS) is 11.2. The van der Waals surface area contributed by atoms with Crippen LogP contribution < -0.4 is 15.9 Å². The molecule has 3 rings (SSSR count). The fourth-order valence-electron chi connectivity index (χ4n) is 2.38. The second-order valence-electron chi connectivity index (χ2n) is 5.05. The Labute approximate surface area is 140 Å². The number of benzene rings is 3. The van der Waals surface area contributed by atoms with E-state index in [1.165, 1.54) is 0 Å². The Hall–Kier alpha value is -2.33. The highest BCUT2D eigenvalue weighted by molar-refractivity contribution is 7.79. The molecule has 0 aromatic heterocycles. The first-order valence-corrected chi connectivity index (χ1v) is 8.38. The standard InChI is InChI=1S/C18H9F6P/c19-10-4-1-7-13(16(10)22)25(14-8-2-5-11(20)17(14)23)15-9-3-6-12(21)18(15)24/h1-9H. The molecule has 7 heteroatoms. The average Bonchev–Trinajstić information content (AvgIpc) is 2.59. The fraction of sp³-hybridized carbons (Fsp3) is 0. The zero-order chi connectivity index (χ0) is 18.1. The van der Waals surface area contributed by atoms with Gasteiger partial charge in [0.2, 0.25) is 0 Å². The highest BCUT2D eigenvalue weighted by Crippen LogP contribution is 2.36. The van der Waals surface area contributed by atoms with Gasteiger partial charge in [-0.05, 0) is 26.1 Å². The molecule has 0 bridgehead atoms. The number of rotatable bonds is 3. The first-order chi connectivity index (χ1) is 11.9. The van der Waals surface area contributed by atoms with Crippen molar-refractivity contribution < 1.29 is 26.3 Å². The van der Waals surface area contributed by atoms with Crippen LogP contribution in [0.4, 0.5) is 26.3 Å². The summed E-state index contributed by atoms with van der Waals surface area (Å²) in [5.41, 5.74) is 0. The molecule has 0 radical (unpaired) electrons. The minimum atomic E-state index is -2.40. The van der Waals surface area contributed by atoms with E-state index in [9.17, 15) is 26.3 Å². The molecule has 3 aromatic carbocycles. The molecule has 0 nitrogen and oxygen atoms in total. The van der Waals surface area contributed by atoms with Gasteiger partial charge in [-0.3, -0.25) is 0 Å². The van der Waals surface area contributed by atoms with Crippen molar-refractivity contribution in [2.24, 2.45) is 0 Å². The largest absolute Gasteiger partial charge is 0.204 e. The van der Waals surface area contributed by atoms with E-state index < -0.39 is 42.8 Å². The van der Waals surface area contributed by atoms with E-state index in [1.54, 1.807) is 0 Å². The molecule has 0 amide bonds. The van der Waals surface area contributed by atoms with Crippen molar-refractivity contribution in [3.63, 3.8) is 0 Å². The van der Waals surface area contributed by atoms with Gasteiger partial charge in [0.1, 0.15) is 0 Å². The molecule has 0 unspecified atom stereocenters. The van der Waals surface area contributed by atoms with Crippen LogP contribution in [0.3, 0.4) is 0 Å². The molecule has 0 spiro atoms. The maximum atomic E-state index is 14.3. The van der Waals surface area contributed by atoms with Crippen LogP contribution >= 0.6 is 7.92 Å². The third-order valence-electron chi connectivity index (χ3n) is 3.52. The van der Waals surface area contributed by atoms with Crippen LogP contribution in [0.1, 0.15) is 0 Å². The third kappa shape index (κ3) is 3.14. The zero-order valence-electron chi connectivity index (χ0n) is 12.4. The van der Waals surface area contributed by atoms with Crippen molar-refractivity contribution in [2.75, 3.05) is 0 Å². The summed E-state index contributed by atoms with van der Waals surface area (Å²) in [6.07, 6.45) is 0. The maximum absolute atomic E-state index is 14.3. The van der Waals surface area contributed by atoms with E-state index in [0.717, 1.165) is 54.6 Å². The van der Waals surface area contributed by atoms with Crippen molar-refractivity contribution >= 4 is 23.8 Å². The van der Waals surface area contributed by atoms with E-state index in [4.69, 9.17) is 0 Å². The van der Waals surface area contributed by atoms with Gasteiger partial charge in [0.25, 0.3) is 0 Å². The lowest BCUT2D eigenvalue weighted by molar-refractivity contribution is 0.511. The fourth-order valence-corrected chi connectivity index (χ4v) is 4.78. The quantitative estimate of drug-likeness (QED) is 0.477.